The minimum Gasteiger partial charge on any atom is -0.0853 e. The van der Waals surface area contributed by atoms with Crippen LogP contribution >= 0.6 is 0 Å². The molecule has 9 heavy (non-hydrogen) atoms. The Morgan fingerprint density at radius 2 is 2.00 bits per heavy atom. The average molecular weight is 124 g/mol. The smallest absolute Gasteiger partial charge is 0.0320 e. The van der Waals surface area contributed by atoms with Crippen LogP contribution in [-0.2, 0) is 0 Å². The van der Waals surface area contributed by atoms with E-state index >= 15 is 0 Å². The predicted octanol–water partition coefficient (Wildman–Crippen LogP) is 3.29. The van der Waals surface area contributed by atoms with Crippen molar-refractivity contribution in [1.82, 2.24) is 0 Å². The van der Waals surface area contributed by atoms with Crippen LogP contribution < -0.4 is 0 Å². The van der Waals surface area contributed by atoms with Crippen molar-refractivity contribution in [3.8, 4) is 0 Å². The van der Waals surface area contributed by atoms with Gasteiger partial charge in [-0.05, 0) is 32.1 Å². The second kappa shape index (κ2) is 3.71. The van der Waals surface area contributed by atoms with Crippen LogP contribution in [-0.4, -0.2) is 0 Å². The summed E-state index contributed by atoms with van der Waals surface area (Å²) in [4.78, 5) is 0. The fraction of sp³-hybridized carbons (Fsp3) is 0.778. The van der Waals surface area contributed by atoms with Gasteiger partial charge in [0, 0.05) is 0 Å². The molecule has 0 aromatic heterocycles. The molecular weight excluding hydrogens is 108 g/mol. The summed E-state index contributed by atoms with van der Waals surface area (Å²) in [7, 11) is 0. The van der Waals surface area contributed by atoms with Crippen molar-refractivity contribution in [3.63, 3.8) is 0 Å². The maximum Gasteiger partial charge on any atom is -0.0320 e. The van der Waals surface area contributed by atoms with Crippen LogP contribution in [0.25, 0.3) is 0 Å². The summed E-state index contributed by atoms with van der Waals surface area (Å²) in [5, 5.41) is 0. The monoisotopic (exact) mass is 124 g/mol. The maximum absolute atomic E-state index is 2.44. The van der Waals surface area contributed by atoms with E-state index in [2.05, 4.69) is 13.0 Å². The Morgan fingerprint density at radius 1 is 1.33 bits per heavy atom. The first-order chi connectivity index (χ1) is 4.43. The van der Waals surface area contributed by atoms with Crippen molar-refractivity contribution in [2.75, 3.05) is 0 Å². The Bertz CT molecular complexity index is 92.6. The lowest BCUT2D eigenvalue weighted by Gasteiger charge is -1.91. The Balaban J connectivity index is 2.22. The summed E-state index contributed by atoms with van der Waals surface area (Å²) >= 11 is 0. The molecule has 1 rings (SSSR count). The molecule has 0 N–H and O–H groups in total. The molecule has 0 atom stereocenters. The summed E-state index contributed by atoms with van der Waals surface area (Å²) in [6, 6.07) is 0. The molecule has 1 fully saturated rings. The number of allylic oxidation sites excluding steroid dienone is 2. The van der Waals surface area contributed by atoms with Crippen LogP contribution in [0.3, 0.4) is 0 Å². The van der Waals surface area contributed by atoms with E-state index < -0.39 is 0 Å². The lowest BCUT2D eigenvalue weighted by Crippen LogP contribution is -1.71. The summed E-state index contributed by atoms with van der Waals surface area (Å²) in [5.41, 5.74) is 1.72. The summed E-state index contributed by atoms with van der Waals surface area (Å²) in [5.74, 6) is 0. The van der Waals surface area contributed by atoms with E-state index in [1.807, 2.05) is 0 Å². The van der Waals surface area contributed by atoms with E-state index in [1.54, 1.807) is 5.57 Å². The fourth-order valence-electron chi connectivity index (χ4n) is 1.38. The maximum atomic E-state index is 2.44. The van der Waals surface area contributed by atoms with Gasteiger partial charge in [-0.1, -0.05) is 25.0 Å². The van der Waals surface area contributed by atoms with E-state index in [0.29, 0.717) is 0 Å². The normalized spacial score (nSPS) is 18.6. The van der Waals surface area contributed by atoms with Crippen molar-refractivity contribution in [1.29, 1.82) is 0 Å². The van der Waals surface area contributed by atoms with E-state index in [0.717, 1.165) is 0 Å². The highest BCUT2D eigenvalue weighted by atomic mass is 14.1. The van der Waals surface area contributed by atoms with Crippen LogP contribution in [0.5, 0.6) is 0 Å². The standard InChI is InChI=1S/C9H16/c1-2-3-6-9-7-4-5-8-9/h6H,2-5,7-8H2,1H3. The van der Waals surface area contributed by atoms with E-state index in [1.165, 1.54) is 38.5 Å². The molecule has 0 nitrogen and oxygen atoms in total. The van der Waals surface area contributed by atoms with Gasteiger partial charge in [0.2, 0.25) is 0 Å². The van der Waals surface area contributed by atoms with Crippen molar-refractivity contribution in [2.24, 2.45) is 0 Å². The zero-order valence-corrected chi connectivity index (χ0v) is 6.32. The molecule has 0 saturated heterocycles. The third kappa shape index (κ3) is 2.21. The molecule has 0 heteroatoms. The van der Waals surface area contributed by atoms with Crippen molar-refractivity contribution in [2.45, 2.75) is 45.4 Å². The highest BCUT2D eigenvalue weighted by Crippen LogP contribution is 2.23. The SMILES string of the molecule is CCCC=C1CCCC1. The molecule has 0 heterocycles. The largest absolute Gasteiger partial charge is 0.0853 e. The highest BCUT2D eigenvalue weighted by Gasteiger charge is 2.04. The number of unbranched alkanes of at least 4 members (excludes halogenated alkanes) is 1. The number of hydrogen-bond acceptors (Lipinski definition) is 0. The van der Waals surface area contributed by atoms with Gasteiger partial charge in [0.1, 0.15) is 0 Å². The third-order valence-corrected chi connectivity index (χ3v) is 1.97. The average Bonchev–Trinajstić information content (AvgIpc) is 2.34. The van der Waals surface area contributed by atoms with Crippen LogP contribution in [0.1, 0.15) is 45.4 Å². The molecule has 0 unspecified atom stereocenters. The minimum atomic E-state index is 1.30. The van der Waals surface area contributed by atoms with E-state index in [9.17, 15) is 0 Å². The molecule has 0 bridgehead atoms. The Labute approximate surface area is 58.0 Å². The summed E-state index contributed by atoms with van der Waals surface area (Å²) in [6.07, 6.45) is 10.7. The Morgan fingerprint density at radius 3 is 2.56 bits per heavy atom. The van der Waals surface area contributed by atoms with Gasteiger partial charge in [-0.2, -0.15) is 0 Å². The molecule has 0 aromatic carbocycles. The Hall–Kier alpha value is -0.260. The van der Waals surface area contributed by atoms with Crippen molar-refractivity contribution >= 4 is 0 Å². The molecule has 52 valence electrons. The van der Waals surface area contributed by atoms with Gasteiger partial charge in [-0.3, -0.25) is 0 Å². The molecule has 0 spiro atoms. The zero-order valence-electron chi connectivity index (χ0n) is 6.32. The first kappa shape index (κ1) is 6.85. The van der Waals surface area contributed by atoms with Gasteiger partial charge in [0.15, 0.2) is 0 Å². The van der Waals surface area contributed by atoms with Gasteiger partial charge in [-0.25, -0.2) is 0 Å². The lowest BCUT2D eigenvalue weighted by molar-refractivity contribution is 0.886. The second-order valence-corrected chi connectivity index (χ2v) is 2.86. The first-order valence-electron chi connectivity index (χ1n) is 4.11. The topological polar surface area (TPSA) is 0 Å². The van der Waals surface area contributed by atoms with Crippen LogP contribution in [0.4, 0.5) is 0 Å². The quantitative estimate of drug-likeness (QED) is 0.495. The molecule has 1 aliphatic rings. The number of rotatable bonds is 2. The van der Waals surface area contributed by atoms with Gasteiger partial charge in [0.25, 0.3) is 0 Å². The molecular formula is C9H16. The fourth-order valence-corrected chi connectivity index (χ4v) is 1.38. The minimum absolute atomic E-state index is 1.30. The van der Waals surface area contributed by atoms with Crippen molar-refractivity contribution in [3.05, 3.63) is 11.6 Å². The first-order valence-corrected chi connectivity index (χ1v) is 4.11. The summed E-state index contributed by atoms with van der Waals surface area (Å²) < 4.78 is 0. The molecule has 1 aliphatic carbocycles. The van der Waals surface area contributed by atoms with Crippen LogP contribution in [0.15, 0.2) is 11.6 Å². The predicted molar refractivity (Wildman–Crippen MR) is 41.5 cm³/mol. The third-order valence-electron chi connectivity index (χ3n) is 1.97. The number of hydrogen-bond donors (Lipinski definition) is 0. The lowest BCUT2D eigenvalue weighted by atomic mass is 10.2. The van der Waals surface area contributed by atoms with Gasteiger partial charge < -0.3 is 0 Å². The highest BCUT2D eigenvalue weighted by molar-refractivity contribution is 5.05. The second-order valence-electron chi connectivity index (χ2n) is 2.86. The zero-order chi connectivity index (χ0) is 6.53. The van der Waals surface area contributed by atoms with Gasteiger partial charge in [0.05, 0.1) is 0 Å². The van der Waals surface area contributed by atoms with Crippen LogP contribution in [0.2, 0.25) is 0 Å². The van der Waals surface area contributed by atoms with E-state index in [-0.39, 0.29) is 0 Å². The van der Waals surface area contributed by atoms with Crippen LogP contribution in [0, 0.1) is 0 Å². The van der Waals surface area contributed by atoms with E-state index in [4.69, 9.17) is 0 Å². The molecule has 0 radical (unpaired) electrons. The van der Waals surface area contributed by atoms with Crippen molar-refractivity contribution < 1.29 is 0 Å². The molecule has 1 saturated carbocycles. The summed E-state index contributed by atoms with van der Waals surface area (Å²) in [6.45, 7) is 2.24. The molecule has 0 aliphatic heterocycles. The molecule has 0 aromatic rings. The van der Waals surface area contributed by atoms with Gasteiger partial charge >= 0.3 is 0 Å². The molecule has 0 amide bonds. The van der Waals surface area contributed by atoms with Gasteiger partial charge in [-0.15, -0.1) is 0 Å². The Kier molecular flexibility index (Phi) is 2.82.